The van der Waals surface area contributed by atoms with Crippen LogP contribution >= 0.6 is 0 Å². The molecule has 2 aromatic heterocycles. The Balaban J connectivity index is 1.51. The van der Waals surface area contributed by atoms with Crippen molar-refractivity contribution in [3.8, 4) is 0 Å². The second kappa shape index (κ2) is 5.97. The zero-order valence-electron chi connectivity index (χ0n) is 14.7. The quantitative estimate of drug-likeness (QED) is 0.709. The van der Waals surface area contributed by atoms with Gasteiger partial charge in [-0.25, -0.2) is 4.79 Å². The number of carbonyl (C=O) groups is 1. The third-order valence-electron chi connectivity index (χ3n) is 5.68. The highest BCUT2D eigenvalue weighted by molar-refractivity contribution is 5.90. The van der Waals surface area contributed by atoms with E-state index in [9.17, 15) is 9.90 Å². The molecule has 1 N–H and O–H groups in total. The summed E-state index contributed by atoms with van der Waals surface area (Å²) in [4.78, 5) is 16.3. The van der Waals surface area contributed by atoms with Gasteiger partial charge in [-0.1, -0.05) is 12.1 Å². The summed E-state index contributed by atoms with van der Waals surface area (Å²) >= 11 is 0. The number of fused-ring (bicyclic) bond motifs is 1. The van der Waals surface area contributed by atoms with Crippen LogP contribution in [0.5, 0.6) is 0 Å². The van der Waals surface area contributed by atoms with Crippen LogP contribution in [0.4, 0.5) is 0 Å². The highest BCUT2D eigenvalue weighted by Gasteiger charge is 2.26. The van der Waals surface area contributed by atoms with Crippen LogP contribution in [0.3, 0.4) is 0 Å². The van der Waals surface area contributed by atoms with Crippen molar-refractivity contribution < 1.29 is 9.90 Å². The molecule has 0 radical (unpaired) electrons. The van der Waals surface area contributed by atoms with Crippen LogP contribution in [0.25, 0.3) is 10.9 Å². The third-order valence-corrected chi connectivity index (χ3v) is 5.68. The number of carboxylic acid groups (broad SMARTS) is 1. The maximum Gasteiger partial charge on any atom is 0.337 e. The maximum absolute atomic E-state index is 11.8. The van der Waals surface area contributed by atoms with Crippen molar-refractivity contribution in [3.05, 3.63) is 65.1 Å². The van der Waals surface area contributed by atoms with Gasteiger partial charge < -0.3 is 9.67 Å². The Morgan fingerprint density at radius 2 is 2.04 bits per heavy atom. The van der Waals surface area contributed by atoms with E-state index in [1.165, 1.54) is 23.7 Å². The zero-order valence-corrected chi connectivity index (χ0v) is 14.7. The van der Waals surface area contributed by atoms with E-state index in [-0.39, 0.29) is 0 Å². The van der Waals surface area contributed by atoms with Gasteiger partial charge in [-0.15, -0.1) is 0 Å². The minimum absolute atomic E-state index is 0.351. The smallest absolute Gasteiger partial charge is 0.337 e. The van der Waals surface area contributed by atoms with Crippen LogP contribution in [0.2, 0.25) is 0 Å². The SMILES string of the molecule is O=C(O)c1cc(C2CC2)cnc1Cc1cccc2c1ccn2CC1CC1. The molecule has 2 aliphatic rings. The summed E-state index contributed by atoms with van der Waals surface area (Å²) in [5.74, 6) is 0.451. The molecule has 0 amide bonds. The number of pyridine rings is 1. The lowest BCUT2D eigenvalue weighted by Gasteiger charge is -2.10. The van der Waals surface area contributed by atoms with Crippen molar-refractivity contribution in [1.82, 2.24) is 9.55 Å². The summed E-state index contributed by atoms with van der Waals surface area (Å²) in [6, 6.07) is 10.3. The van der Waals surface area contributed by atoms with Gasteiger partial charge in [0.2, 0.25) is 0 Å². The Kier molecular flexibility index (Phi) is 3.59. The Hall–Kier alpha value is -2.62. The summed E-state index contributed by atoms with van der Waals surface area (Å²) in [5, 5.41) is 10.9. The zero-order chi connectivity index (χ0) is 17.7. The lowest BCUT2D eigenvalue weighted by atomic mass is 10.00. The first-order valence-corrected chi connectivity index (χ1v) is 9.48. The average molecular weight is 346 g/mol. The van der Waals surface area contributed by atoms with E-state index >= 15 is 0 Å². The Morgan fingerprint density at radius 1 is 1.19 bits per heavy atom. The fourth-order valence-electron chi connectivity index (χ4n) is 3.83. The van der Waals surface area contributed by atoms with Gasteiger partial charge in [-0.3, -0.25) is 4.98 Å². The van der Waals surface area contributed by atoms with Crippen molar-refractivity contribution in [1.29, 1.82) is 0 Å². The summed E-state index contributed by atoms with van der Waals surface area (Å²) in [5.41, 5.74) is 4.46. The van der Waals surface area contributed by atoms with Crippen molar-refractivity contribution in [2.75, 3.05) is 0 Å². The van der Waals surface area contributed by atoms with E-state index in [0.29, 0.717) is 23.6 Å². The average Bonchev–Trinajstić information content (AvgIpc) is 3.55. The highest BCUT2D eigenvalue weighted by Crippen LogP contribution is 2.40. The van der Waals surface area contributed by atoms with Crippen LogP contribution in [0.15, 0.2) is 42.7 Å². The number of hydrogen-bond donors (Lipinski definition) is 1. The molecule has 0 unspecified atom stereocenters. The summed E-state index contributed by atoms with van der Waals surface area (Å²) in [7, 11) is 0. The lowest BCUT2D eigenvalue weighted by molar-refractivity contribution is 0.0695. The van der Waals surface area contributed by atoms with Gasteiger partial charge in [0.25, 0.3) is 0 Å². The predicted octanol–water partition coefficient (Wildman–Crippen LogP) is 4.61. The van der Waals surface area contributed by atoms with Gasteiger partial charge in [0.1, 0.15) is 0 Å². The molecular formula is C22H22N2O2. The predicted molar refractivity (Wildman–Crippen MR) is 101 cm³/mol. The molecule has 0 atom stereocenters. The number of nitrogens with zero attached hydrogens (tertiary/aromatic N) is 2. The minimum atomic E-state index is -0.881. The molecule has 2 heterocycles. The second-order valence-electron chi connectivity index (χ2n) is 7.78. The monoisotopic (exact) mass is 346 g/mol. The second-order valence-corrected chi connectivity index (χ2v) is 7.78. The minimum Gasteiger partial charge on any atom is -0.478 e. The molecule has 4 heteroatoms. The Morgan fingerprint density at radius 3 is 2.77 bits per heavy atom. The van der Waals surface area contributed by atoms with E-state index in [4.69, 9.17) is 0 Å². The first kappa shape index (κ1) is 15.6. The van der Waals surface area contributed by atoms with Crippen molar-refractivity contribution in [2.24, 2.45) is 5.92 Å². The molecule has 0 spiro atoms. The molecule has 2 fully saturated rings. The summed E-state index contributed by atoms with van der Waals surface area (Å²) < 4.78 is 2.33. The van der Waals surface area contributed by atoms with Crippen LogP contribution in [-0.4, -0.2) is 20.6 Å². The van der Waals surface area contributed by atoms with Crippen molar-refractivity contribution in [2.45, 2.75) is 44.6 Å². The van der Waals surface area contributed by atoms with Crippen LogP contribution < -0.4 is 0 Å². The van der Waals surface area contributed by atoms with Gasteiger partial charge in [0.05, 0.1) is 11.3 Å². The van der Waals surface area contributed by atoms with Gasteiger partial charge in [0.15, 0.2) is 0 Å². The number of aromatic nitrogens is 2. The molecular weight excluding hydrogens is 324 g/mol. The normalized spacial score (nSPS) is 16.9. The molecule has 1 aromatic carbocycles. The molecule has 132 valence electrons. The standard InChI is InChI=1S/C22H22N2O2/c25-22(26)19-10-17(15-6-7-15)12-23-20(19)11-16-2-1-3-21-18(16)8-9-24(21)13-14-4-5-14/h1-3,8-10,12,14-15H,4-7,11,13H2,(H,25,26). The third kappa shape index (κ3) is 2.90. The summed E-state index contributed by atoms with van der Waals surface area (Å²) in [6.45, 7) is 1.08. The number of hydrogen-bond acceptors (Lipinski definition) is 2. The topological polar surface area (TPSA) is 55.1 Å². The van der Waals surface area contributed by atoms with E-state index in [2.05, 4.69) is 40.0 Å². The Bertz CT molecular complexity index is 997. The molecule has 2 saturated carbocycles. The van der Waals surface area contributed by atoms with Gasteiger partial charge in [-0.05, 0) is 66.8 Å². The first-order valence-electron chi connectivity index (χ1n) is 9.48. The first-order chi connectivity index (χ1) is 12.7. The number of carboxylic acids is 1. The molecule has 0 aliphatic heterocycles. The lowest BCUT2D eigenvalue weighted by Crippen LogP contribution is -2.07. The molecule has 4 nitrogen and oxygen atoms in total. The van der Waals surface area contributed by atoms with E-state index < -0.39 is 5.97 Å². The van der Waals surface area contributed by atoms with Crippen LogP contribution in [0.1, 0.15) is 58.8 Å². The molecule has 0 bridgehead atoms. The maximum atomic E-state index is 11.8. The number of benzene rings is 1. The van der Waals surface area contributed by atoms with Gasteiger partial charge in [-0.2, -0.15) is 0 Å². The van der Waals surface area contributed by atoms with E-state index in [1.54, 1.807) is 0 Å². The van der Waals surface area contributed by atoms with Crippen molar-refractivity contribution in [3.63, 3.8) is 0 Å². The molecule has 2 aliphatic carbocycles. The van der Waals surface area contributed by atoms with E-state index in [1.807, 2.05) is 12.3 Å². The molecule has 3 aromatic rings. The molecule has 5 rings (SSSR count). The van der Waals surface area contributed by atoms with Crippen LogP contribution in [0, 0.1) is 5.92 Å². The molecule has 0 saturated heterocycles. The number of rotatable bonds is 6. The fourth-order valence-corrected chi connectivity index (χ4v) is 3.83. The Labute approximate surface area is 152 Å². The fraction of sp³-hybridized carbons (Fsp3) is 0.364. The van der Waals surface area contributed by atoms with Crippen molar-refractivity contribution >= 4 is 16.9 Å². The largest absolute Gasteiger partial charge is 0.478 e. The van der Waals surface area contributed by atoms with Crippen LogP contribution in [-0.2, 0) is 13.0 Å². The van der Waals surface area contributed by atoms with E-state index in [0.717, 1.165) is 36.4 Å². The number of aromatic carboxylic acids is 1. The summed E-state index contributed by atoms with van der Waals surface area (Å²) in [6.07, 6.45) is 9.54. The molecule has 26 heavy (non-hydrogen) atoms. The van der Waals surface area contributed by atoms with Gasteiger partial charge in [0, 0.05) is 36.3 Å². The van der Waals surface area contributed by atoms with Gasteiger partial charge >= 0.3 is 5.97 Å². The highest BCUT2D eigenvalue weighted by atomic mass is 16.4.